The van der Waals surface area contributed by atoms with Gasteiger partial charge in [-0.05, 0) is 32.3 Å². The highest BCUT2D eigenvalue weighted by Gasteiger charge is 2.43. The van der Waals surface area contributed by atoms with Crippen LogP contribution in [0.1, 0.15) is 38.7 Å². The molecule has 2 unspecified atom stereocenters. The minimum atomic E-state index is -0.599. The molecule has 1 fully saturated rings. The Kier molecular flexibility index (Phi) is 4.27. The Labute approximate surface area is 123 Å². The SMILES string of the molecule is CCc1ccc(NC(=O)C2(C)CCCC2N)cc1[N+](=O)[O-]. The van der Waals surface area contributed by atoms with Crippen molar-refractivity contribution in [2.75, 3.05) is 5.32 Å². The van der Waals surface area contributed by atoms with Crippen LogP contribution in [0, 0.1) is 15.5 Å². The van der Waals surface area contributed by atoms with Crippen molar-refractivity contribution < 1.29 is 9.72 Å². The lowest BCUT2D eigenvalue weighted by Crippen LogP contribution is -2.44. The molecule has 1 amide bonds. The number of hydrogen-bond acceptors (Lipinski definition) is 4. The van der Waals surface area contributed by atoms with Crippen molar-refractivity contribution in [2.24, 2.45) is 11.1 Å². The number of aryl methyl sites for hydroxylation is 1. The second kappa shape index (κ2) is 5.81. The molecule has 0 aliphatic heterocycles. The molecule has 0 aromatic heterocycles. The molecule has 114 valence electrons. The minimum absolute atomic E-state index is 0.0381. The molecule has 1 saturated carbocycles. The molecular formula is C15H21N3O3. The lowest BCUT2D eigenvalue weighted by molar-refractivity contribution is -0.385. The molecule has 0 spiro atoms. The van der Waals surface area contributed by atoms with Gasteiger partial charge in [-0.2, -0.15) is 0 Å². The number of anilines is 1. The predicted octanol–water partition coefficient (Wildman–Crippen LogP) is 2.61. The molecule has 1 aromatic carbocycles. The predicted molar refractivity (Wildman–Crippen MR) is 81.0 cm³/mol. The molecule has 1 aliphatic rings. The molecular weight excluding hydrogens is 270 g/mol. The van der Waals surface area contributed by atoms with Gasteiger partial charge in [-0.1, -0.05) is 19.4 Å². The second-order valence-electron chi connectivity index (χ2n) is 5.82. The zero-order valence-electron chi connectivity index (χ0n) is 12.4. The summed E-state index contributed by atoms with van der Waals surface area (Å²) in [6, 6.07) is 4.64. The van der Waals surface area contributed by atoms with Crippen molar-refractivity contribution in [3.8, 4) is 0 Å². The van der Waals surface area contributed by atoms with E-state index in [1.165, 1.54) is 6.07 Å². The van der Waals surface area contributed by atoms with E-state index in [2.05, 4.69) is 5.32 Å². The Morgan fingerprint density at radius 3 is 2.81 bits per heavy atom. The first-order valence-electron chi connectivity index (χ1n) is 7.23. The van der Waals surface area contributed by atoms with Crippen molar-refractivity contribution in [1.29, 1.82) is 0 Å². The maximum absolute atomic E-state index is 12.4. The molecule has 0 saturated heterocycles. The zero-order chi connectivity index (χ0) is 15.6. The number of nitro benzene ring substituents is 1. The van der Waals surface area contributed by atoms with Crippen LogP contribution in [0.2, 0.25) is 0 Å². The van der Waals surface area contributed by atoms with Gasteiger partial charge in [0.15, 0.2) is 0 Å². The lowest BCUT2D eigenvalue weighted by Gasteiger charge is -2.27. The third-order valence-corrected chi connectivity index (χ3v) is 4.47. The van der Waals surface area contributed by atoms with Crippen LogP contribution in [0.5, 0.6) is 0 Å². The first kappa shape index (κ1) is 15.4. The molecule has 1 aliphatic carbocycles. The fourth-order valence-electron chi connectivity index (χ4n) is 2.86. The van der Waals surface area contributed by atoms with E-state index in [4.69, 9.17) is 5.73 Å². The number of carbonyl (C=O) groups is 1. The number of nitro groups is 1. The van der Waals surface area contributed by atoms with Gasteiger partial charge in [0.2, 0.25) is 5.91 Å². The number of nitrogens with zero attached hydrogens (tertiary/aromatic N) is 1. The highest BCUT2D eigenvalue weighted by molar-refractivity contribution is 5.96. The summed E-state index contributed by atoms with van der Waals surface area (Å²) in [4.78, 5) is 23.1. The topological polar surface area (TPSA) is 98.3 Å². The van der Waals surface area contributed by atoms with Crippen LogP contribution in [0.15, 0.2) is 18.2 Å². The van der Waals surface area contributed by atoms with E-state index in [9.17, 15) is 14.9 Å². The summed E-state index contributed by atoms with van der Waals surface area (Å²) in [7, 11) is 0. The van der Waals surface area contributed by atoms with Gasteiger partial charge >= 0.3 is 0 Å². The number of benzene rings is 1. The van der Waals surface area contributed by atoms with Gasteiger partial charge in [-0.3, -0.25) is 14.9 Å². The molecule has 0 radical (unpaired) electrons. The molecule has 0 bridgehead atoms. The lowest BCUT2D eigenvalue weighted by atomic mass is 9.84. The number of rotatable bonds is 4. The zero-order valence-corrected chi connectivity index (χ0v) is 12.4. The van der Waals surface area contributed by atoms with Crippen molar-refractivity contribution in [3.05, 3.63) is 33.9 Å². The fourth-order valence-corrected chi connectivity index (χ4v) is 2.86. The average Bonchev–Trinajstić information content (AvgIpc) is 2.79. The number of nitrogens with two attached hydrogens (primary N) is 1. The van der Waals surface area contributed by atoms with Crippen molar-refractivity contribution in [2.45, 2.75) is 45.6 Å². The Morgan fingerprint density at radius 2 is 2.29 bits per heavy atom. The number of nitrogens with one attached hydrogen (secondary N) is 1. The number of amides is 1. The van der Waals surface area contributed by atoms with E-state index in [0.29, 0.717) is 17.7 Å². The summed E-state index contributed by atoms with van der Waals surface area (Å²) in [5.74, 6) is -0.161. The molecule has 2 atom stereocenters. The maximum atomic E-state index is 12.4. The van der Waals surface area contributed by atoms with E-state index in [1.54, 1.807) is 12.1 Å². The number of hydrogen-bond donors (Lipinski definition) is 2. The van der Waals surface area contributed by atoms with E-state index in [1.807, 2.05) is 13.8 Å². The van der Waals surface area contributed by atoms with Crippen LogP contribution >= 0.6 is 0 Å². The van der Waals surface area contributed by atoms with E-state index in [0.717, 1.165) is 19.3 Å². The van der Waals surface area contributed by atoms with Gasteiger partial charge in [-0.25, -0.2) is 0 Å². The Bertz CT molecular complexity index is 573. The van der Waals surface area contributed by atoms with Crippen molar-refractivity contribution in [1.82, 2.24) is 0 Å². The van der Waals surface area contributed by atoms with Gasteiger partial charge < -0.3 is 11.1 Å². The summed E-state index contributed by atoms with van der Waals surface area (Å²) >= 11 is 0. The van der Waals surface area contributed by atoms with Gasteiger partial charge in [0.05, 0.1) is 10.3 Å². The Hall–Kier alpha value is -1.95. The van der Waals surface area contributed by atoms with Crippen LogP contribution in [0.3, 0.4) is 0 Å². The molecule has 1 aromatic rings. The van der Waals surface area contributed by atoms with Crippen LogP contribution in [0.25, 0.3) is 0 Å². The number of carbonyl (C=O) groups excluding carboxylic acids is 1. The first-order chi connectivity index (χ1) is 9.88. The van der Waals surface area contributed by atoms with Gasteiger partial charge in [0.25, 0.3) is 5.69 Å². The van der Waals surface area contributed by atoms with Crippen LogP contribution in [-0.4, -0.2) is 16.9 Å². The molecule has 6 nitrogen and oxygen atoms in total. The molecule has 3 N–H and O–H groups in total. The van der Waals surface area contributed by atoms with Crippen molar-refractivity contribution >= 4 is 17.3 Å². The van der Waals surface area contributed by atoms with Crippen LogP contribution < -0.4 is 11.1 Å². The molecule has 0 heterocycles. The normalized spacial score (nSPS) is 24.8. The summed E-state index contributed by atoms with van der Waals surface area (Å²) in [5, 5.41) is 13.8. The summed E-state index contributed by atoms with van der Waals surface area (Å²) in [6.07, 6.45) is 3.08. The van der Waals surface area contributed by atoms with Gasteiger partial charge in [0, 0.05) is 23.4 Å². The third-order valence-electron chi connectivity index (χ3n) is 4.47. The smallest absolute Gasteiger partial charge is 0.274 e. The van der Waals surface area contributed by atoms with Crippen LogP contribution in [-0.2, 0) is 11.2 Å². The van der Waals surface area contributed by atoms with Crippen molar-refractivity contribution in [3.63, 3.8) is 0 Å². The average molecular weight is 291 g/mol. The molecule has 2 rings (SSSR count). The second-order valence-corrected chi connectivity index (χ2v) is 5.82. The maximum Gasteiger partial charge on any atom is 0.274 e. The highest BCUT2D eigenvalue weighted by Crippen LogP contribution is 2.38. The van der Waals surface area contributed by atoms with E-state index >= 15 is 0 Å². The monoisotopic (exact) mass is 291 g/mol. The highest BCUT2D eigenvalue weighted by atomic mass is 16.6. The van der Waals surface area contributed by atoms with Gasteiger partial charge in [0.1, 0.15) is 0 Å². The summed E-state index contributed by atoms with van der Waals surface area (Å²) in [5.41, 5.74) is 6.56. The third kappa shape index (κ3) is 2.90. The van der Waals surface area contributed by atoms with E-state index < -0.39 is 10.3 Å². The minimum Gasteiger partial charge on any atom is -0.327 e. The first-order valence-corrected chi connectivity index (χ1v) is 7.23. The molecule has 21 heavy (non-hydrogen) atoms. The largest absolute Gasteiger partial charge is 0.327 e. The summed E-state index contributed by atoms with van der Waals surface area (Å²) < 4.78 is 0. The quantitative estimate of drug-likeness (QED) is 0.658. The standard InChI is InChI=1S/C15H21N3O3/c1-3-10-6-7-11(9-12(10)18(20)21)17-14(19)15(2)8-4-5-13(15)16/h6-7,9,13H,3-5,8,16H2,1-2H3,(H,17,19). The van der Waals surface area contributed by atoms with Gasteiger partial charge in [-0.15, -0.1) is 0 Å². The van der Waals surface area contributed by atoms with E-state index in [-0.39, 0.29) is 17.6 Å². The van der Waals surface area contributed by atoms with Crippen LogP contribution in [0.4, 0.5) is 11.4 Å². The Morgan fingerprint density at radius 1 is 1.57 bits per heavy atom. The molecule has 6 heteroatoms. The summed E-state index contributed by atoms with van der Waals surface area (Å²) in [6.45, 7) is 3.72. The Balaban J connectivity index is 2.22. The fraction of sp³-hybridized carbons (Fsp3) is 0.533.